The number of pyridine rings is 2. The maximum Gasteiger partial charge on any atom is 0.248 e. The van der Waals surface area contributed by atoms with E-state index in [4.69, 9.17) is 4.74 Å². The van der Waals surface area contributed by atoms with E-state index < -0.39 is 5.82 Å². The van der Waals surface area contributed by atoms with Gasteiger partial charge in [-0.2, -0.15) is 0 Å². The van der Waals surface area contributed by atoms with E-state index in [1.54, 1.807) is 55.0 Å². The number of carbonyl (C=O) groups excluding carboxylic acids is 1. The number of amides is 1. The van der Waals surface area contributed by atoms with Crippen molar-refractivity contribution in [2.75, 3.05) is 5.32 Å². The molecule has 0 saturated carbocycles. The molecule has 1 amide bonds. The topological polar surface area (TPSA) is 64.1 Å². The summed E-state index contributed by atoms with van der Waals surface area (Å²) in [6, 6.07) is 13.2. The Bertz CT molecular complexity index is 899. The highest BCUT2D eigenvalue weighted by molar-refractivity contribution is 6.01. The molecule has 3 rings (SSSR count). The first-order chi connectivity index (χ1) is 12.7. The van der Waals surface area contributed by atoms with Crippen molar-refractivity contribution in [2.45, 2.75) is 6.61 Å². The fourth-order valence-corrected chi connectivity index (χ4v) is 2.16. The van der Waals surface area contributed by atoms with Crippen molar-refractivity contribution in [3.63, 3.8) is 0 Å². The maximum atomic E-state index is 14.1. The molecule has 3 aromatic rings. The predicted octanol–water partition coefficient (Wildman–Crippen LogP) is 3.85. The van der Waals surface area contributed by atoms with E-state index >= 15 is 0 Å². The Kier molecular flexibility index (Phi) is 5.67. The van der Waals surface area contributed by atoms with Crippen LogP contribution in [0.1, 0.15) is 11.3 Å². The molecule has 0 radical (unpaired) electrons. The average Bonchev–Trinajstić information content (AvgIpc) is 2.67. The van der Waals surface area contributed by atoms with Gasteiger partial charge in [0.1, 0.15) is 6.61 Å². The lowest BCUT2D eigenvalue weighted by molar-refractivity contribution is -0.111. The van der Waals surface area contributed by atoms with E-state index in [1.165, 1.54) is 18.2 Å². The number of nitrogens with one attached hydrogen (secondary N) is 1. The average molecular weight is 349 g/mol. The van der Waals surface area contributed by atoms with E-state index in [9.17, 15) is 9.18 Å². The summed E-state index contributed by atoms with van der Waals surface area (Å²) in [5, 5.41) is 2.60. The summed E-state index contributed by atoms with van der Waals surface area (Å²) >= 11 is 0. The second-order valence-corrected chi connectivity index (χ2v) is 5.36. The number of aromatic nitrogens is 2. The molecule has 1 N–H and O–H groups in total. The molecule has 0 aliphatic heterocycles. The fourth-order valence-electron chi connectivity index (χ4n) is 2.16. The Morgan fingerprint density at radius 1 is 1.12 bits per heavy atom. The highest BCUT2D eigenvalue weighted by atomic mass is 19.1. The van der Waals surface area contributed by atoms with Crippen LogP contribution in [0.3, 0.4) is 0 Å². The minimum absolute atomic E-state index is 0.0981. The van der Waals surface area contributed by atoms with Gasteiger partial charge < -0.3 is 10.1 Å². The van der Waals surface area contributed by atoms with Gasteiger partial charge in [-0.15, -0.1) is 0 Å². The first-order valence-corrected chi connectivity index (χ1v) is 7.92. The van der Waals surface area contributed by atoms with Crippen LogP contribution in [-0.4, -0.2) is 15.9 Å². The highest BCUT2D eigenvalue weighted by Gasteiger charge is 2.07. The second-order valence-electron chi connectivity index (χ2n) is 5.36. The molecule has 0 atom stereocenters. The quantitative estimate of drug-likeness (QED) is 0.687. The summed E-state index contributed by atoms with van der Waals surface area (Å²) < 4.78 is 19.6. The molecular weight excluding hydrogens is 333 g/mol. The molecule has 26 heavy (non-hydrogen) atoms. The van der Waals surface area contributed by atoms with Crippen LogP contribution < -0.4 is 10.1 Å². The smallest absolute Gasteiger partial charge is 0.248 e. The summed E-state index contributed by atoms with van der Waals surface area (Å²) in [7, 11) is 0. The molecule has 6 heteroatoms. The third-order valence-corrected chi connectivity index (χ3v) is 3.43. The van der Waals surface area contributed by atoms with Crippen LogP contribution in [0.2, 0.25) is 0 Å². The Morgan fingerprint density at radius 3 is 2.69 bits per heavy atom. The van der Waals surface area contributed by atoms with Crippen LogP contribution in [0, 0.1) is 5.82 Å². The Labute approximate surface area is 150 Å². The standard InChI is InChI=1S/C20H16FN3O2/c21-18-13-16(24-20(25)7-4-15-8-11-22-12-9-15)5-6-19(18)26-14-17-3-1-2-10-23-17/h1-13H,14H2,(H,24,25)/b7-4-. The van der Waals surface area contributed by atoms with Gasteiger partial charge in [0.05, 0.1) is 5.69 Å². The summed E-state index contributed by atoms with van der Waals surface area (Å²) in [5.41, 5.74) is 1.89. The Morgan fingerprint density at radius 2 is 1.96 bits per heavy atom. The molecule has 0 fully saturated rings. The maximum absolute atomic E-state index is 14.1. The predicted molar refractivity (Wildman–Crippen MR) is 96.9 cm³/mol. The summed E-state index contributed by atoms with van der Waals surface area (Å²) in [6.45, 7) is 0.165. The van der Waals surface area contributed by atoms with E-state index in [0.29, 0.717) is 11.4 Å². The first kappa shape index (κ1) is 17.3. The zero-order valence-electron chi connectivity index (χ0n) is 13.8. The number of benzene rings is 1. The number of nitrogens with zero attached hydrogens (tertiary/aromatic N) is 2. The monoisotopic (exact) mass is 349 g/mol. The van der Waals surface area contributed by atoms with Crippen molar-refractivity contribution in [3.8, 4) is 5.75 Å². The molecule has 130 valence electrons. The largest absolute Gasteiger partial charge is 0.484 e. The SMILES string of the molecule is O=C(/C=C\c1ccncc1)Nc1ccc(OCc2ccccn2)c(F)c1. The van der Waals surface area contributed by atoms with E-state index in [-0.39, 0.29) is 18.3 Å². The third kappa shape index (κ3) is 4.98. The molecule has 0 unspecified atom stereocenters. The van der Waals surface area contributed by atoms with Gasteiger partial charge in [0.25, 0.3) is 0 Å². The lowest BCUT2D eigenvalue weighted by atomic mass is 10.2. The molecule has 0 bridgehead atoms. The summed E-state index contributed by atoms with van der Waals surface area (Å²) in [5.74, 6) is -0.818. The molecule has 2 heterocycles. The van der Waals surface area contributed by atoms with Crippen LogP contribution in [0.4, 0.5) is 10.1 Å². The van der Waals surface area contributed by atoms with Crippen molar-refractivity contribution in [1.82, 2.24) is 9.97 Å². The number of hydrogen-bond acceptors (Lipinski definition) is 4. The molecule has 1 aromatic carbocycles. The van der Waals surface area contributed by atoms with Crippen LogP contribution in [0.25, 0.3) is 6.08 Å². The van der Waals surface area contributed by atoms with Gasteiger partial charge >= 0.3 is 0 Å². The zero-order valence-corrected chi connectivity index (χ0v) is 13.8. The molecule has 0 saturated heterocycles. The van der Waals surface area contributed by atoms with Crippen molar-refractivity contribution < 1.29 is 13.9 Å². The molecule has 2 aromatic heterocycles. The van der Waals surface area contributed by atoms with Gasteiger partial charge in [0.2, 0.25) is 5.91 Å². The number of halogens is 1. The van der Waals surface area contributed by atoms with Gasteiger partial charge in [0, 0.05) is 36.4 Å². The number of hydrogen-bond donors (Lipinski definition) is 1. The van der Waals surface area contributed by atoms with Gasteiger partial charge in [-0.05, 0) is 48.0 Å². The van der Waals surface area contributed by atoms with Crippen molar-refractivity contribution in [1.29, 1.82) is 0 Å². The Hall–Kier alpha value is -3.54. The van der Waals surface area contributed by atoms with E-state index in [0.717, 1.165) is 5.56 Å². The molecule has 0 aliphatic rings. The summed E-state index contributed by atoms with van der Waals surface area (Å²) in [6.07, 6.45) is 7.94. The molecule has 5 nitrogen and oxygen atoms in total. The first-order valence-electron chi connectivity index (χ1n) is 7.92. The molecular formula is C20H16FN3O2. The number of ether oxygens (including phenoxy) is 1. The van der Waals surface area contributed by atoms with E-state index in [2.05, 4.69) is 15.3 Å². The van der Waals surface area contributed by atoms with Crippen LogP contribution in [0.5, 0.6) is 5.75 Å². The number of carbonyl (C=O) groups is 1. The lowest BCUT2D eigenvalue weighted by Crippen LogP contribution is -2.08. The lowest BCUT2D eigenvalue weighted by Gasteiger charge is -2.08. The molecule has 0 spiro atoms. The number of rotatable bonds is 6. The van der Waals surface area contributed by atoms with Gasteiger partial charge in [-0.1, -0.05) is 6.07 Å². The number of anilines is 1. The van der Waals surface area contributed by atoms with Gasteiger partial charge in [-0.25, -0.2) is 4.39 Å². The van der Waals surface area contributed by atoms with Crippen LogP contribution in [-0.2, 0) is 11.4 Å². The molecule has 0 aliphatic carbocycles. The van der Waals surface area contributed by atoms with Gasteiger partial charge in [-0.3, -0.25) is 14.8 Å². The minimum Gasteiger partial charge on any atom is -0.484 e. The van der Waals surface area contributed by atoms with Crippen molar-refractivity contribution in [2.24, 2.45) is 0 Å². The summed E-state index contributed by atoms with van der Waals surface area (Å²) in [4.78, 5) is 19.9. The van der Waals surface area contributed by atoms with E-state index in [1.807, 2.05) is 6.07 Å². The van der Waals surface area contributed by atoms with Crippen LogP contribution >= 0.6 is 0 Å². The van der Waals surface area contributed by atoms with Crippen LogP contribution in [0.15, 0.2) is 73.2 Å². The second kappa shape index (κ2) is 8.53. The van der Waals surface area contributed by atoms with Gasteiger partial charge in [0.15, 0.2) is 11.6 Å². The Balaban J connectivity index is 1.58. The normalized spacial score (nSPS) is 10.7. The highest BCUT2D eigenvalue weighted by Crippen LogP contribution is 2.22. The minimum atomic E-state index is -0.558. The zero-order chi connectivity index (χ0) is 18.2. The van der Waals surface area contributed by atoms with Crippen molar-refractivity contribution >= 4 is 17.7 Å². The van der Waals surface area contributed by atoms with Crippen molar-refractivity contribution in [3.05, 3.63) is 90.3 Å². The fraction of sp³-hybridized carbons (Fsp3) is 0.0500. The third-order valence-electron chi connectivity index (χ3n) is 3.43.